The highest BCUT2D eigenvalue weighted by Gasteiger charge is 2.04. The van der Waals surface area contributed by atoms with Crippen LogP contribution in [0, 0.1) is 5.82 Å². The summed E-state index contributed by atoms with van der Waals surface area (Å²) in [4.78, 5) is 4.16. The molecule has 6 heteroatoms. The van der Waals surface area contributed by atoms with Crippen LogP contribution >= 0.6 is 15.9 Å². The van der Waals surface area contributed by atoms with Gasteiger partial charge in [-0.3, -0.25) is 0 Å². The van der Waals surface area contributed by atoms with E-state index in [0.29, 0.717) is 13.1 Å². The van der Waals surface area contributed by atoms with Gasteiger partial charge >= 0.3 is 0 Å². The summed E-state index contributed by atoms with van der Waals surface area (Å²) in [5.41, 5.74) is 0.887. The van der Waals surface area contributed by atoms with Gasteiger partial charge in [-0.2, -0.15) is 5.10 Å². The summed E-state index contributed by atoms with van der Waals surface area (Å²) < 4.78 is 15.8. The van der Waals surface area contributed by atoms with Crippen LogP contribution in [0.3, 0.4) is 0 Å². The minimum Gasteiger partial charge on any atom is -0.306 e. The second-order valence-electron chi connectivity index (χ2n) is 3.83. The molecule has 0 saturated carbocycles. The summed E-state index contributed by atoms with van der Waals surface area (Å²) in [6.45, 7) is 3.99. The second kappa shape index (κ2) is 6.06. The Balaban J connectivity index is 1.94. The van der Waals surface area contributed by atoms with Crippen molar-refractivity contribution in [1.82, 2.24) is 20.1 Å². The van der Waals surface area contributed by atoms with Crippen LogP contribution in [0.25, 0.3) is 0 Å². The predicted molar refractivity (Wildman–Crippen MR) is 70.3 cm³/mol. The minimum absolute atomic E-state index is 0.230. The molecule has 18 heavy (non-hydrogen) atoms. The Morgan fingerprint density at radius 3 is 3.00 bits per heavy atom. The molecule has 1 aromatic heterocycles. The Morgan fingerprint density at radius 2 is 2.22 bits per heavy atom. The number of aryl methyl sites for hydroxylation is 1. The van der Waals surface area contributed by atoms with Crippen molar-refractivity contribution in [2.45, 2.75) is 26.6 Å². The molecule has 0 spiro atoms. The van der Waals surface area contributed by atoms with Crippen LogP contribution < -0.4 is 5.32 Å². The van der Waals surface area contributed by atoms with Gasteiger partial charge < -0.3 is 5.32 Å². The lowest BCUT2D eigenvalue weighted by molar-refractivity contribution is 0.569. The maximum absolute atomic E-state index is 13.1. The van der Waals surface area contributed by atoms with E-state index in [0.717, 1.165) is 22.4 Å². The average molecular weight is 313 g/mol. The number of rotatable bonds is 5. The summed E-state index contributed by atoms with van der Waals surface area (Å²) in [5, 5.41) is 7.32. The van der Waals surface area contributed by atoms with Gasteiger partial charge in [0.15, 0.2) is 0 Å². The fraction of sp³-hybridized carbons (Fsp3) is 0.333. The third-order valence-electron chi connectivity index (χ3n) is 2.60. The van der Waals surface area contributed by atoms with Crippen molar-refractivity contribution in [3.8, 4) is 0 Å². The average Bonchev–Trinajstić information content (AvgIpc) is 2.81. The van der Waals surface area contributed by atoms with Crippen LogP contribution in [0.4, 0.5) is 4.39 Å². The Kier molecular flexibility index (Phi) is 4.43. The topological polar surface area (TPSA) is 42.7 Å². The van der Waals surface area contributed by atoms with Crippen LogP contribution in [-0.2, 0) is 19.6 Å². The van der Waals surface area contributed by atoms with Crippen molar-refractivity contribution in [2.75, 3.05) is 0 Å². The molecule has 0 bridgehead atoms. The maximum Gasteiger partial charge on any atom is 0.140 e. The molecule has 0 unspecified atom stereocenters. The molecule has 0 amide bonds. The molecule has 1 N–H and O–H groups in total. The maximum atomic E-state index is 13.1. The lowest BCUT2D eigenvalue weighted by Gasteiger charge is -2.07. The van der Waals surface area contributed by atoms with Crippen LogP contribution in [-0.4, -0.2) is 14.8 Å². The molecule has 2 rings (SSSR count). The van der Waals surface area contributed by atoms with E-state index in [1.807, 2.05) is 11.6 Å². The lowest BCUT2D eigenvalue weighted by Crippen LogP contribution is -2.17. The molecule has 0 aliphatic heterocycles. The van der Waals surface area contributed by atoms with Crippen LogP contribution in [0.15, 0.2) is 29.0 Å². The second-order valence-corrected chi connectivity index (χ2v) is 4.69. The number of hydrogen-bond donors (Lipinski definition) is 1. The summed E-state index contributed by atoms with van der Waals surface area (Å²) in [6.07, 6.45) is 1.54. The van der Waals surface area contributed by atoms with Gasteiger partial charge in [-0.05, 0) is 30.7 Å². The standard InChI is InChI=1S/C12H14BrFN4/c1-2-18-12(16-8-17-18)7-15-6-9-5-10(14)3-4-11(9)13/h3-5,8,15H,2,6-7H2,1H3. The van der Waals surface area contributed by atoms with Gasteiger partial charge in [-0.1, -0.05) is 15.9 Å². The quantitative estimate of drug-likeness (QED) is 0.922. The van der Waals surface area contributed by atoms with Gasteiger partial charge in [0.05, 0.1) is 6.54 Å². The van der Waals surface area contributed by atoms with Crippen molar-refractivity contribution in [3.05, 3.63) is 46.2 Å². The van der Waals surface area contributed by atoms with Crippen molar-refractivity contribution >= 4 is 15.9 Å². The number of hydrogen-bond acceptors (Lipinski definition) is 3. The third-order valence-corrected chi connectivity index (χ3v) is 3.38. The SMILES string of the molecule is CCn1ncnc1CNCc1cc(F)ccc1Br. The summed E-state index contributed by atoms with van der Waals surface area (Å²) in [6, 6.07) is 4.66. The van der Waals surface area contributed by atoms with E-state index < -0.39 is 0 Å². The first-order valence-electron chi connectivity index (χ1n) is 5.72. The van der Waals surface area contributed by atoms with Crippen molar-refractivity contribution < 1.29 is 4.39 Å². The smallest absolute Gasteiger partial charge is 0.140 e. The van der Waals surface area contributed by atoms with Gasteiger partial charge in [0.1, 0.15) is 18.0 Å². The molecule has 0 radical (unpaired) electrons. The number of benzene rings is 1. The van der Waals surface area contributed by atoms with Crippen molar-refractivity contribution in [2.24, 2.45) is 0 Å². The molecule has 1 heterocycles. The molecule has 0 aliphatic rings. The zero-order valence-corrected chi connectivity index (χ0v) is 11.6. The minimum atomic E-state index is -0.230. The van der Waals surface area contributed by atoms with E-state index in [4.69, 9.17) is 0 Å². The molecule has 2 aromatic rings. The molecule has 96 valence electrons. The number of nitrogens with zero attached hydrogens (tertiary/aromatic N) is 3. The van der Waals surface area contributed by atoms with Gasteiger partial charge in [0.2, 0.25) is 0 Å². The van der Waals surface area contributed by atoms with Crippen molar-refractivity contribution in [1.29, 1.82) is 0 Å². The number of nitrogens with one attached hydrogen (secondary N) is 1. The van der Waals surface area contributed by atoms with Crippen molar-refractivity contribution in [3.63, 3.8) is 0 Å². The Bertz CT molecular complexity index is 527. The van der Waals surface area contributed by atoms with E-state index >= 15 is 0 Å². The monoisotopic (exact) mass is 312 g/mol. The molecule has 0 fully saturated rings. The molecule has 1 aromatic carbocycles. The zero-order valence-electron chi connectivity index (χ0n) is 10.0. The van der Waals surface area contributed by atoms with E-state index in [1.165, 1.54) is 12.1 Å². The van der Waals surface area contributed by atoms with Gasteiger partial charge in [-0.25, -0.2) is 14.1 Å². The fourth-order valence-electron chi connectivity index (χ4n) is 1.68. The van der Waals surface area contributed by atoms with Crippen LogP contribution in [0.1, 0.15) is 18.3 Å². The zero-order chi connectivity index (χ0) is 13.0. The molecule has 4 nitrogen and oxygen atoms in total. The van der Waals surface area contributed by atoms with E-state index in [-0.39, 0.29) is 5.82 Å². The Labute approximate surface area is 113 Å². The summed E-state index contributed by atoms with van der Waals surface area (Å²) in [5.74, 6) is 0.650. The van der Waals surface area contributed by atoms with Gasteiger partial charge in [0, 0.05) is 17.6 Å². The molecule has 0 saturated heterocycles. The molecule has 0 aliphatic carbocycles. The van der Waals surface area contributed by atoms with Gasteiger partial charge in [-0.15, -0.1) is 0 Å². The first-order chi connectivity index (χ1) is 8.70. The highest BCUT2D eigenvalue weighted by Crippen LogP contribution is 2.17. The normalized spacial score (nSPS) is 10.8. The van der Waals surface area contributed by atoms with Gasteiger partial charge in [0.25, 0.3) is 0 Å². The fourth-order valence-corrected chi connectivity index (χ4v) is 2.06. The first-order valence-corrected chi connectivity index (χ1v) is 6.51. The van der Waals surface area contributed by atoms with Crippen LogP contribution in [0.2, 0.25) is 0 Å². The highest BCUT2D eigenvalue weighted by molar-refractivity contribution is 9.10. The molecular weight excluding hydrogens is 299 g/mol. The number of halogens is 2. The largest absolute Gasteiger partial charge is 0.306 e. The van der Waals surface area contributed by atoms with E-state index in [2.05, 4.69) is 31.3 Å². The van der Waals surface area contributed by atoms with E-state index in [1.54, 1.807) is 12.4 Å². The van der Waals surface area contributed by atoms with Crippen LogP contribution in [0.5, 0.6) is 0 Å². The molecule has 0 atom stereocenters. The third kappa shape index (κ3) is 3.14. The van der Waals surface area contributed by atoms with E-state index in [9.17, 15) is 4.39 Å². The first kappa shape index (κ1) is 13.2. The number of aromatic nitrogens is 3. The summed E-state index contributed by atoms with van der Waals surface area (Å²) >= 11 is 3.40. The summed E-state index contributed by atoms with van der Waals surface area (Å²) in [7, 11) is 0. The lowest BCUT2D eigenvalue weighted by atomic mass is 10.2. The molecular formula is C12H14BrFN4. The predicted octanol–water partition coefficient (Wildman–Crippen LogP) is 2.49. The Morgan fingerprint density at radius 1 is 1.39 bits per heavy atom. The Hall–Kier alpha value is -1.27. The highest BCUT2D eigenvalue weighted by atomic mass is 79.9.